The van der Waals surface area contributed by atoms with Gasteiger partial charge in [-0.3, -0.25) is 0 Å². The van der Waals surface area contributed by atoms with Crippen LogP contribution >= 0.6 is 0 Å². The van der Waals surface area contributed by atoms with Crippen LogP contribution in [0.1, 0.15) is 57.2 Å². The van der Waals surface area contributed by atoms with E-state index in [1.165, 1.54) is 6.33 Å². The molecule has 0 spiro atoms. The number of anilines is 1. The number of nitrogen functional groups attached to an aromatic ring is 1. The van der Waals surface area contributed by atoms with E-state index in [1.807, 2.05) is 12.1 Å². The highest BCUT2D eigenvalue weighted by Crippen LogP contribution is 2.40. The van der Waals surface area contributed by atoms with Crippen molar-refractivity contribution in [3.05, 3.63) is 24.2 Å². The zero-order chi connectivity index (χ0) is 20.0. The average Bonchev–Trinajstić information content (AvgIpc) is 3.32. The van der Waals surface area contributed by atoms with Crippen molar-refractivity contribution >= 4 is 17.5 Å². The largest absolute Gasteiger partial charge is 0.508 e. The summed E-state index contributed by atoms with van der Waals surface area (Å²) in [6.07, 6.45) is 5.31. The lowest BCUT2D eigenvalue weighted by Crippen LogP contribution is -2.33. The molecule has 150 valence electrons. The second-order valence-corrected chi connectivity index (χ2v) is 6.90. The van der Waals surface area contributed by atoms with Crippen LogP contribution in [-0.2, 0) is 14.2 Å². The maximum Gasteiger partial charge on any atom is 0.508 e. The monoisotopic (exact) mass is 387 g/mol. The van der Waals surface area contributed by atoms with Crippen LogP contribution in [0.3, 0.4) is 0 Å². The van der Waals surface area contributed by atoms with E-state index in [4.69, 9.17) is 19.9 Å². The van der Waals surface area contributed by atoms with Crippen molar-refractivity contribution in [2.75, 3.05) is 18.9 Å². The fraction of sp³-hybridized carbons (Fsp3) is 0.579. The first-order valence-corrected chi connectivity index (χ1v) is 9.55. The topological polar surface area (TPSA) is 125 Å². The van der Waals surface area contributed by atoms with Gasteiger partial charge in [0.1, 0.15) is 30.6 Å². The van der Waals surface area contributed by atoms with Gasteiger partial charge in [-0.1, -0.05) is 26.2 Å². The molecule has 2 N–H and O–H groups in total. The lowest BCUT2D eigenvalue weighted by atomic mass is 10.0. The molecule has 1 aliphatic heterocycles. The summed E-state index contributed by atoms with van der Waals surface area (Å²) in [4.78, 5) is 15.7. The predicted octanol–water partition coefficient (Wildman–Crippen LogP) is 3.16. The summed E-state index contributed by atoms with van der Waals surface area (Å²) in [5, 5.41) is 13.8. The van der Waals surface area contributed by atoms with E-state index in [0.29, 0.717) is 30.8 Å². The second kappa shape index (κ2) is 8.89. The fourth-order valence-corrected chi connectivity index (χ4v) is 3.30. The van der Waals surface area contributed by atoms with E-state index in [2.05, 4.69) is 23.1 Å². The molecule has 9 nitrogen and oxygen atoms in total. The van der Waals surface area contributed by atoms with Crippen molar-refractivity contribution in [2.45, 2.75) is 57.2 Å². The fourth-order valence-electron chi connectivity index (χ4n) is 3.30. The molecule has 0 bridgehead atoms. The highest BCUT2D eigenvalue weighted by molar-refractivity contribution is 5.65. The van der Waals surface area contributed by atoms with Crippen molar-refractivity contribution in [3.8, 4) is 6.07 Å². The minimum absolute atomic E-state index is 0.172. The summed E-state index contributed by atoms with van der Waals surface area (Å²) in [5.41, 5.74) is 6.12. The van der Waals surface area contributed by atoms with Crippen molar-refractivity contribution in [1.82, 2.24) is 14.6 Å². The maximum atomic E-state index is 11.8. The Hall–Kier alpha value is -2.86. The smallest absolute Gasteiger partial charge is 0.434 e. The quantitative estimate of drug-likeness (QED) is 0.541. The molecule has 0 aliphatic carbocycles. The van der Waals surface area contributed by atoms with Gasteiger partial charge in [-0.15, -0.1) is 0 Å². The molecule has 9 heteroatoms. The van der Waals surface area contributed by atoms with Crippen LogP contribution in [-0.4, -0.2) is 39.6 Å². The van der Waals surface area contributed by atoms with Crippen LogP contribution in [0.15, 0.2) is 18.5 Å². The van der Waals surface area contributed by atoms with Gasteiger partial charge in [0.25, 0.3) is 0 Å². The summed E-state index contributed by atoms with van der Waals surface area (Å²) >= 11 is 0. The summed E-state index contributed by atoms with van der Waals surface area (Å²) in [6.45, 7) is 2.26. The molecule has 1 saturated heterocycles. The number of hydrogen-bond donors (Lipinski definition) is 1. The van der Waals surface area contributed by atoms with Crippen molar-refractivity contribution in [3.63, 3.8) is 0 Å². The number of nitrogens with zero attached hydrogens (tertiary/aromatic N) is 4. The van der Waals surface area contributed by atoms with Gasteiger partial charge in [0.15, 0.2) is 11.4 Å². The van der Waals surface area contributed by atoms with Crippen molar-refractivity contribution in [2.24, 2.45) is 0 Å². The molecule has 28 heavy (non-hydrogen) atoms. The molecule has 3 heterocycles. The maximum absolute atomic E-state index is 11.8. The molecule has 1 aliphatic rings. The Kier molecular flexibility index (Phi) is 6.31. The lowest BCUT2D eigenvalue weighted by Gasteiger charge is -2.21. The Morgan fingerprint density at radius 3 is 3.07 bits per heavy atom. The average molecular weight is 387 g/mol. The molecule has 3 rings (SSSR count). The first-order valence-electron chi connectivity index (χ1n) is 9.55. The molecule has 0 radical (unpaired) electrons. The molecular weight excluding hydrogens is 362 g/mol. The highest BCUT2D eigenvalue weighted by Gasteiger charge is 2.43. The third-order valence-electron chi connectivity index (χ3n) is 4.86. The van der Waals surface area contributed by atoms with Gasteiger partial charge in [0.05, 0.1) is 12.3 Å². The van der Waals surface area contributed by atoms with Crippen LogP contribution in [0.25, 0.3) is 5.52 Å². The van der Waals surface area contributed by atoms with E-state index in [1.54, 1.807) is 4.52 Å². The first kappa shape index (κ1) is 19.9. The number of carbonyl (C=O) groups excluding carboxylic acids is 1. The van der Waals surface area contributed by atoms with E-state index in [-0.39, 0.29) is 12.7 Å². The van der Waals surface area contributed by atoms with E-state index < -0.39 is 11.8 Å². The standard InChI is InChI=1S/C19H25N5O4/c1-2-3-4-5-10-26-18(25)27-12-19(11-20)9-8-16(28-19)14-6-7-15-17(21)22-13-23-24(14)15/h6-7,13,16H,2-5,8-10,12H2,1H3,(H2,21,22,23)/t16?,19-/m1/s1. The first-order chi connectivity index (χ1) is 13.6. The Morgan fingerprint density at radius 2 is 2.29 bits per heavy atom. The van der Waals surface area contributed by atoms with Crippen LogP contribution in [0, 0.1) is 11.3 Å². The van der Waals surface area contributed by atoms with Gasteiger partial charge < -0.3 is 19.9 Å². The van der Waals surface area contributed by atoms with Gasteiger partial charge in [-0.05, 0) is 31.4 Å². The molecule has 1 unspecified atom stereocenters. The van der Waals surface area contributed by atoms with E-state index >= 15 is 0 Å². The third-order valence-corrected chi connectivity index (χ3v) is 4.86. The van der Waals surface area contributed by atoms with Crippen LogP contribution in [0.4, 0.5) is 10.6 Å². The van der Waals surface area contributed by atoms with Crippen LogP contribution < -0.4 is 5.73 Å². The minimum atomic E-state index is -1.20. The van der Waals surface area contributed by atoms with Crippen LogP contribution in [0.5, 0.6) is 0 Å². The van der Waals surface area contributed by atoms with Crippen LogP contribution in [0.2, 0.25) is 0 Å². The SMILES string of the molecule is CCCCCCOC(=O)OC[C@]1(C#N)CCC(c2ccc3c(N)ncnn23)O1. The number of carbonyl (C=O) groups is 1. The Balaban J connectivity index is 1.56. The van der Waals surface area contributed by atoms with Gasteiger partial charge >= 0.3 is 6.16 Å². The summed E-state index contributed by atoms with van der Waals surface area (Å²) in [6, 6.07) is 5.81. The summed E-state index contributed by atoms with van der Waals surface area (Å²) < 4.78 is 17.8. The predicted molar refractivity (Wildman–Crippen MR) is 100 cm³/mol. The third kappa shape index (κ3) is 4.34. The highest BCUT2D eigenvalue weighted by atomic mass is 16.7. The van der Waals surface area contributed by atoms with Gasteiger partial charge in [-0.25, -0.2) is 14.3 Å². The zero-order valence-electron chi connectivity index (χ0n) is 16.0. The zero-order valence-corrected chi connectivity index (χ0v) is 16.0. The van der Waals surface area contributed by atoms with Gasteiger partial charge in [0, 0.05) is 0 Å². The number of nitriles is 1. The summed E-state index contributed by atoms with van der Waals surface area (Å²) in [7, 11) is 0. The van der Waals surface area contributed by atoms with Crippen molar-refractivity contribution < 1.29 is 19.0 Å². The number of rotatable bonds is 8. The Morgan fingerprint density at radius 1 is 1.43 bits per heavy atom. The lowest BCUT2D eigenvalue weighted by molar-refractivity contribution is -0.0551. The number of unbranched alkanes of at least 4 members (excludes halogenated alkanes) is 3. The molecule has 2 aromatic rings. The van der Waals surface area contributed by atoms with E-state index in [9.17, 15) is 10.1 Å². The van der Waals surface area contributed by atoms with Crippen molar-refractivity contribution in [1.29, 1.82) is 5.26 Å². The van der Waals surface area contributed by atoms with Gasteiger partial charge in [0.2, 0.25) is 0 Å². The number of aromatic nitrogens is 3. The molecule has 0 aromatic carbocycles. The molecule has 0 amide bonds. The normalized spacial score (nSPS) is 21.5. The second-order valence-electron chi connectivity index (χ2n) is 6.90. The Bertz CT molecular complexity index is 862. The molecule has 2 atom stereocenters. The Labute approximate surface area is 163 Å². The number of ether oxygens (including phenoxy) is 3. The van der Waals surface area contributed by atoms with E-state index in [0.717, 1.165) is 31.4 Å². The minimum Gasteiger partial charge on any atom is -0.434 e. The number of hydrogen-bond acceptors (Lipinski definition) is 8. The molecule has 2 aromatic heterocycles. The molecular formula is C19H25N5O4. The molecule has 1 fully saturated rings. The number of nitrogens with two attached hydrogens (primary N) is 1. The number of fused-ring (bicyclic) bond motifs is 1. The van der Waals surface area contributed by atoms with Gasteiger partial charge in [-0.2, -0.15) is 10.4 Å². The summed E-state index contributed by atoms with van der Waals surface area (Å²) in [5.74, 6) is 0.371. The molecule has 0 saturated carbocycles.